The molecule has 0 aliphatic rings. The highest BCUT2D eigenvalue weighted by molar-refractivity contribution is 6.11. The molecule has 0 N–H and O–H groups in total. The second kappa shape index (κ2) is 13.1. The maximum Gasteiger partial charge on any atom is 0.137 e. The molecule has 0 unspecified atom stereocenters. The summed E-state index contributed by atoms with van der Waals surface area (Å²) in [5.74, 6) is 0. The molecule has 0 saturated carbocycles. The SMILES string of the molecule is c1ccc(-c2ccc(N(c3ccc4c(c3)oc3ccccc34)c3ccc4c(c3)oc3ccc(N(c5ccccc5)c5ccccc5)cc34)c3ccccc23)cc1. The van der Waals surface area contributed by atoms with Gasteiger partial charge in [0.25, 0.3) is 0 Å². The molecule has 0 saturated heterocycles. The van der Waals surface area contributed by atoms with Gasteiger partial charge in [-0.3, -0.25) is 0 Å². The fourth-order valence-electron chi connectivity index (χ4n) is 8.26. The number of furan rings is 2. The van der Waals surface area contributed by atoms with E-state index in [2.05, 4.69) is 204 Å². The van der Waals surface area contributed by atoms with Crippen LogP contribution in [0.1, 0.15) is 0 Å². The van der Waals surface area contributed by atoms with Crippen molar-refractivity contribution in [3.8, 4) is 11.1 Å². The molecule has 56 heavy (non-hydrogen) atoms. The second-order valence-corrected chi connectivity index (χ2v) is 14.1. The van der Waals surface area contributed by atoms with Crippen molar-refractivity contribution in [1.29, 1.82) is 0 Å². The Morgan fingerprint density at radius 1 is 0.268 bits per heavy atom. The molecule has 0 radical (unpaired) electrons. The summed E-state index contributed by atoms with van der Waals surface area (Å²) < 4.78 is 13.1. The van der Waals surface area contributed by atoms with Gasteiger partial charge < -0.3 is 18.6 Å². The van der Waals surface area contributed by atoms with Crippen LogP contribution in [0.15, 0.2) is 215 Å². The maximum atomic E-state index is 6.67. The van der Waals surface area contributed by atoms with E-state index in [0.29, 0.717) is 0 Å². The summed E-state index contributed by atoms with van der Waals surface area (Å²) in [6, 6.07) is 72.6. The van der Waals surface area contributed by atoms with Gasteiger partial charge in [-0.15, -0.1) is 0 Å². The third-order valence-corrected chi connectivity index (χ3v) is 10.8. The third-order valence-electron chi connectivity index (χ3n) is 10.8. The lowest BCUT2D eigenvalue weighted by Gasteiger charge is -2.27. The summed E-state index contributed by atoms with van der Waals surface area (Å²) in [7, 11) is 0. The van der Waals surface area contributed by atoms with E-state index in [9.17, 15) is 0 Å². The molecule has 0 atom stereocenters. The van der Waals surface area contributed by atoms with Crippen LogP contribution >= 0.6 is 0 Å². The number of hydrogen-bond donors (Lipinski definition) is 0. The minimum Gasteiger partial charge on any atom is -0.456 e. The molecule has 9 aromatic carbocycles. The number of para-hydroxylation sites is 3. The molecule has 11 rings (SSSR count). The zero-order chi connectivity index (χ0) is 37.0. The lowest BCUT2D eigenvalue weighted by atomic mass is 9.96. The average molecular weight is 719 g/mol. The lowest BCUT2D eigenvalue weighted by Crippen LogP contribution is -2.10. The third kappa shape index (κ3) is 5.31. The molecule has 4 heteroatoms. The van der Waals surface area contributed by atoms with Crippen LogP contribution < -0.4 is 9.80 Å². The van der Waals surface area contributed by atoms with Crippen molar-refractivity contribution < 1.29 is 8.83 Å². The molecule has 4 nitrogen and oxygen atoms in total. The maximum absolute atomic E-state index is 6.67. The summed E-state index contributed by atoms with van der Waals surface area (Å²) in [6.45, 7) is 0. The van der Waals surface area contributed by atoms with Crippen molar-refractivity contribution in [2.24, 2.45) is 0 Å². The number of hydrogen-bond acceptors (Lipinski definition) is 4. The van der Waals surface area contributed by atoms with E-state index in [1.54, 1.807) is 0 Å². The minimum atomic E-state index is 0.820. The smallest absolute Gasteiger partial charge is 0.137 e. The average Bonchev–Trinajstić information content (AvgIpc) is 3.82. The number of benzene rings is 9. The first kappa shape index (κ1) is 31.9. The summed E-state index contributed by atoms with van der Waals surface area (Å²) >= 11 is 0. The summed E-state index contributed by atoms with van der Waals surface area (Å²) in [4.78, 5) is 4.61. The number of fused-ring (bicyclic) bond motifs is 7. The van der Waals surface area contributed by atoms with E-state index >= 15 is 0 Å². The molecule has 0 fully saturated rings. The predicted octanol–water partition coefficient (Wildman–Crippen LogP) is 15.2. The van der Waals surface area contributed by atoms with Crippen LogP contribution in [0.4, 0.5) is 34.1 Å². The summed E-state index contributed by atoms with van der Waals surface area (Å²) in [5, 5.41) is 6.66. The topological polar surface area (TPSA) is 32.8 Å². The summed E-state index contributed by atoms with van der Waals surface area (Å²) in [6.07, 6.45) is 0. The van der Waals surface area contributed by atoms with Crippen molar-refractivity contribution >= 4 is 88.8 Å². The van der Waals surface area contributed by atoms with Gasteiger partial charge in [-0.25, -0.2) is 0 Å². The summed E-state index contributed by atoms with van der Waals surface area (Å²) in [5.41, 5.74) is 12.1. The van der Waals surface area contributed by atoms with E-state index in [-0.39, 0.29) is 0 Å². The fraction of sp³-hybridized carbons (Fsp3) is 0. The standard InChI is InChI=1S/C52H34N2O2/c1-4-14-35(15-5-1)41-29-30-48(43-21-11-10-20-42(41)43)54(39-24-27-45-44-22-12-13-23-49(44)55-51(45)33-39)40-25-28-46-47-32-38(26-31-50(47)56-52(46)34-40)53(36-16-6-2-7-17-36)37-18-8-3-9-19-37/h1-34H. The molecule has 0 aliphatic heterocycles. The van der Waals surface area contributed by atoms with Gasteiger partial charge in [0.2, 0.25) is 0 Å². The van der Waals surface area contributed by atoms with Gasteiger partial charge >= 0.3 is 0 Å². The quantitative estimate of drug-likeness (QED) is 0.164. The molecule has 264 valence electrons. The van der Waals surface area contributed by atoms with E-state index in [1.807, 2.05) is 12.1 Å². The lowest BCUT2D eigenvalue weighted by molar-refractivity contribution is 0.669. The van der Waals surface area contributed by atoms with Gasteiger partial charge in [0.1, 0.15) is 22.3 Å². The number of rotatable bonds is 7. The zero-order valence-corrected chi connectivity index (χ0v) is 30.3. The highest BCUT2D eigenvalue weighted by Gasteiger charge is 2.21. The van der Waals surface area contributed by atoms with Crippen LogP contribution in [0, 0.1) is 0 Å². The van der Waals surface area contributed by atoms with Gasteiger partial charge in [0.15, 0.2) is 0 Å². The van der Waals surface area contributed by atoms with Gasteiger partial charge in [0.05, 0.1) is 5.69 Å². The Kier molecular flexibility index (Phi) is 7.46. The first-order valence-corrected chi connectivity index (χ1v) is 18.9. The molecule has 11 aromatic rings. The Labute approximate surface area is 323 Å². The molecular formula is C52H34N2O2. The number of nitrogens with zero attached hydrogens (tertiary/aromatic N) is 2. The molecular weight excluding hydrogens is 685 g/mol. The Morgan fingerprint density at radius 2 is 0.750 bits per heavy atom. The van der Waals surface area contributed by atoms with Crippen molar-refractivity contribution in [3.05, 3.63) is 206 Å². The van der Waals surface area contributed by atoms with Crippen molar-refractivity contribution in [2.45, 2.75) is 0 Å². The normalized spacial score (nSPS) is 11.6. The van der Waals surface area contributed by atoms with Crippen LogP contribution in [0.2, 0.25) is 0 Å². The van der Waals surface area contributed by atoms with Crippen molar-refractivity contribution in [2.75, 3.05) is 9.80 Å². The molecule has 0 aliphatic carbocycles. The monoisotopic (exact) mass is 718 g/mol. The van der Waals surface area contributed by atoms with Crippen LogP contribution in [-0.2, 0) is 0 Å². The van der Waals surface area contributed by atoms with Crippen LogP contribution in [-0.4, -0.2) is 0 Å². The first-order valence-electron chi connectivity index (χ1n) is 18.9. The van der Waals surface area contributed by atoms with Gasteiger partial charge in [0, 0.05) is 67.5 Å². The highest BCUT2D eigenvalue weighted by Crippen LogP contribution is 2.45. The molecule has 2 aromatic heterocycles. The second-order valence-electron chi connectivity index (χ2n) is 14.1. The Balaban J connectivity index is 1.10. The predicted molar refractivity (Wildman–Crippen MR) is 233 cm³/mol. The molecule has 0 amide bonds. The van der Waals surface area contributed by atoms with E-state index in [0.717, 1.165) is 83.4 Å². The van der Waals surface area contributed by atoms with Gasteiger partial charge in [-0.2, -0.15) is 0 Å². The molecule has 0 spiro atoms. The van der Waals surface area contributed by atoms with Crippen molar-refractivity contribution in [1.82, 2.24) is 0 Å². The van der Waals surface area contributed by atoms with Crippen LogP contribution in [0.5, 0.6) is 0 Å². The van der Waals surface area contributed by atoms with Crippen molar-refractivity contribution in [3.63, 3.8) is 0 Å². The minimum absolute atomic E-state index is 0.820. The van der Waals surface area contributed by atoms with Gasteiger partial charge in [-0.05, 0) is 95.4 Å². The highest BCUT2D eigenvalue weighted by atomic mass is 16.3. The molecule has 2 heterocycles. The first-order chi connectivity index (χ1) is 27.8. The Bertz CT molecular complexity index is 3160. The van der Waals surface area contributed by atoms with Crippen LogP contribution in [0.25, 0.3) is 65.8 Å². The molecule has 0 bridgehead atoms. The van der Waals surface area contributed by atoms with E-state index < -0.39 is 0 Å². The van der Waals surface area contributed by atoms with E-state index in [4.69, 9.17) is 8.83 Å². The Hall–Kier alpha value is -7.56. The van der Waals surface area contributed by atoms with Crippen LogP contribution in [0.3, 0.4) is 0 Å². The fourth-order valence-corrected chi connectivity index (χ4v) is 8.26. The Morgan fingerprint density at radius 3 is 1.41 bits per heavy atom. The zero-order valence-electron chi connectivity index (χ0n) is 30.3. The van der Waals surface area contributed by atoms with E-state index in [1.165, 1.54) is 16.5 Å². The largest absolute Gasteiger partial charge is 0.456 e. The van der Waals surface area contributed by atoms with Gasteiger partial charge in [-0.1, -0.05) is 115 Å². The number of anilines is 6.